The third-order valence-corrected chi connectivity index (χ3v) is 6.38. The molecule has 4 nitrogen and oxygen atoms in total. The lowest BCUT2D eigenvalue weighted by Gasteiger charge is -2.38. The van der Waals surface area contributed by atoms with Crippen LogP contribution in [0.4, 0.5) is 0 Å². The highest BCUT2D eigenvalue weighted by Crippen LogP contribution is 2.45. The number of hydrogen-bond donors (Lipinski definition) is 0. The Hall–Kier alpha value is -1.14. The van der Waals surface area contributed by atoms with Crippen LogP contribution < -0.4 is 4.74 Å². The average Bonchev–Trinajstić information content (AvgIpc) is 3.51. The van der Waals surface area contributed by atoms with Crippen LogP contribution in [-0.2, 0) is 14.2 Å². The fourth-order valence-electron chi connectivity index (χ4n) is 3.64. The number of hydrogen-bond acceptors (Lipinski definition) is 4. The lowest BCUT2D eigenvalue weighted by Crippen LogP contribution is -2.35. The predicted molar refractivity (Wildman–Crippen MR) is 109 cm³/mol. The minimum Gasteiger partial charge on any atom is -0.491 e. The van der Waals surface area contributed by atoms with E-state index in [0.29, 0.717) is 13.2 Å². The topological polar surface area (TPSA) is 43.5 Å². The molecule has 0 spiro atoms. The summed E-state index contributed by atoms with van der Waals surface area (Å²) in [5.41, 5.74) is 4.65. The molecular weight excluding hydrogens is 408 g/mol. The van der Waals surface area contributed by atoms with Gasteiger partial charge in [-0.1, -0.05) is 41.9 Å². The molecule has 27 heavy (non-hydrogen) atoms. The summed E-state index contributed by atoms with van der Waals surface area (Å²) in [6.07, 6.45) is 2.90. The molecule has 2 saturated heterocycles. The van der Waals surface area contributed by atoms with Crippen molar-refractivity contribution in [3.63, 3.8) is 0 Å². The molecule has 2 heterocycles. The van der Waals surface area contributed by atoms with E-state index in [9.17, 15) is 0 Å². The first-order valence-corrected chi connectivity index (χ1v) is 10.3. The Balaban J connectivity index is 1.55. The van der Waals surface area contributed by atoms with Crippen LogP contribution in [0, 0.1) is 12.3 Å². The third-order valence-electron chi connectivity index (χ3n) is 5.33. The van der Waals surface area contributed by atoms with Crippen LogP contribution in [0.15, 0.2) is 34.3 Å². The second-order valence-electron chi connectivity index (χ2n) is 8.29. The zero-order chi connectivity index (χ0) is 19.2. The van der Waals surface area contributed by atoms with E-state index < -0.39 is 0 Å². The highest BCUT2D eigenvalue weighted by molar-refractivity contribution is 9.12. The molecule has 5 heteroatoms. The molecule has 0 N–H and O–H groups in total. The van der Waals surface area contributed by atoms with Gasteiger partial charge in [0.1, 0.15) is 24.6 Å². The first kappa shape index (κ1) is 19.2. The number of benzene rings is 1. The van der Waals surface area contributed by atoms with Gasteiger partial charge in [-0.3, -0.25) is 0 Å². The number of aryl methyl sites for hydroxylation is 1. The van der Waals surface area contributed by atoms with Gasteiger partial charge in [0, 0.05) is 9.90 Å². The lowest BCUT2D eigenvalue weighted by molar-refractivity contribution is 0.0107. The van der Waals surface area contributed by atoms with Crippen LogP contribution in [0.2, 0.25) is 0 Å². The minimum absolute atomic E-state index is 0.0436. The molecule has 1 aromatic rings. The van der Waals surface area contributed by atoms with Crippen molar-refractivity contribution in [2.24, 2.45) is 5.41 Å². The van der Waals surface area contributed by atoms with E-state index in [2.05, 4.69) is 67.9 Å². The Bertz CT molecular complexity index is 788. The zero-order valence-electron chi connectivity index (χ0n) is 16.4. The smallest absolute Gasteiger partial charge is 0.122 e. The van der Waals surface area contributed by atoms with E-state index in [1.165, 1.54) is 16.7 Å². The van der Waals surface area contributed by atoms with Crippen LogP contribution in [0.25, 0.3) is 5.57 Å². The quantitative estimate of drug-likeness (QED) is 0.585. The molecule has 1 aromatic carbocycles. The number of ether oxygens (including phenoxy) is 4. The Morgan fingerprint density at radius 3 is 2.41 bits per heavy atom. The van der Waals surface area contributed by atoms with Crippen molar-refractivity contribution in [1.29, 1.82) is 0 Å². The van der Waals surface area contributed by atoms with Gasteiger partial charge in [-0.2, -0.15) is 0 Å². The second kappa shape index (κ2) is 7.36. The highest BCUT2D eigenvalue weighted by Gasteiger charge is 2.37. The average molecular weight is 435 g/mol. The summed E-state index contributed by atoms with van der Waals surface area (Å²) in [5.74, 6) is 0.924. The van der Waals surface area contributed by atoms with Gasteiger partial charge >= 0.3 is 0 Å². The summed E-state index contributed by atoms with van der Waals surface area (Å²) in [6, 6.07) is 6.38. The Kier molecular flexibility index (Phi) is 5.23. The second-order valence-corrected chi connectivity index (χ2v) is 9.08. The highest BCUT2D eigenvalue weighted by atomic mass is 79.9. The normalized spacial score (nSPS) is 28.8. The molecule has 4 rings (SSSR count). The summed E-state index contributed by atoms with van der Waals surface area (Å²) < 4.78 is 23.7. The SMILES string of the molecule is CC1=C(Br)C(c2ccc(OCC3CO3)c(C)c2)=CC(C)(C)C1OCC1CO1. The van der Waals surface area contributed by atoms with Crippen LogP contribution >= 0.6 is 15.9 Å². The van der Waals surface area contributed by atoms with Crippen molar-refractivity contribution in [3.8, 4) is 5.75 Å². The van der Waals surface area contributed by atoms with Gasteiger partial charge in [0.2, 0.25) is 0 Å². The van der Waals surface area contributed by atoms with Gasteiger partial charge < -0.3 is 18.9 Å². The first-order valence-electron chi connectivity index (χ1n) is 9.53. The van der Waals surface area contributed by atoms with E-state index in [-0.39, 0.29) is 23.7 Å². The van der Waals surface area contributed by atoms with Crippen LogP contribution in [0.5, 0.6) is 5.75 Å². The molecule has 3 unspecified atom stereocenters. The van der Waals surface area contributed by atoms with Gasteiger partial charge in [-0.25, -0.2) is 0 Å². The van der Waals surface area contributed by atoms with Gasteiger partial charge in [0.05, 0.1) is 25.9 Å². The molecule has 146 valence electrons. The van der Waals surface area contributed by atoms with Crippen molar-refractivity contribution < 1.29 is 18.9 Å². The van der Waals surface area contributed by atoms with Crippen LogP contribution in [-0.4, -0.2) is 44.7 Å². The van der Waals surface area contributed by atoms with Gasteiger partial charge in [0.25, 0.3) is 0 Å². The number of halogens is 1. The number of rotatable bonds is 7. The van der Waals surface area contributed by atoms with E-state index in [0.717, 1.165) is 29.0 Å². The predicted octanol–water partition coefficient (Wildman–Crippen LogP) is 4.65. The molecular formula is C22H27BrO4. The summed E-state index contributed by atoms with van der Waals surface area (Å²) in [4.78, 5) is 0. The third kappa shape index (κ3) is 4.32. The zero-order valence-corrected chi connectivity index (χ0v) is 18.0. The minimum atomic E-state index is -0.0992. The summed E-state index contributed by atoms with van der Waals surface area (Å²) in [6.45, 7) is 11.6. The lowest BCUT2D eigenvalue weighted by atomic mass is 9.75. The summed E-state index contributed by atoms with van der Waals surface area (Å²) in [7, 11) is 0. The van der Waals surface area contributed by atoms with Crippen molar-refractivity contribution in [1.82, 2.24) is 0 Å². The van der Waals surface area contributed by atoms with Crippen molar-refractivity contribution in [2.45, 2.75) is 46.0 Å². The standard InChI is InChI=1S/C22H27BrO4/c1-13-7-15(5-6-19(13)26-11-16-9-24-16)18-8-22(3,4)21(14(2)20(18)23)27-12-17-10-25-17/h5-8,16-17,21H,9-12H2,1-4H3. The Labute approximate surface area is 169 Å². The molecule has 0 aromatic heterocycles. The number of epoxide rings is 2. The van der Waals surface area contributed by atoms with Crippen molar-refractivity contribution in [3.05, 3.63) is 45.5 Å². The molecule has 1 aliphatic carbocycles. The fraction of sp³-hybridized carbons (Fsp3) is 0.545. The van der Waals surface area contributed by atoms with Gasteiger partial charge in [-0.15, -0.1) is 0 Å². The van der Waals surface area contributed by atoms with E-state index >= 15 is 0 Å². The molecule has 0 radical (unpaired) electrons. The molecule has 0 amide bonds. The Morgan fingerprint density at radius 1 is 1.11 bits per heavy atom. The van der Waals surface area contributed by atoms with E-state index in [1.807, 2.05) is 0 Å². The summed E-state index contributed by atoms with van der Waals surface area (Å²) >= 11 is 3.83. The first-order chi connectivity index (χ1) is 12.8. The maximum atomic E-state index is 6.20. The van der Waals surface area contributed by atoms with E-state index in [4.69, 9.17) is 18.9 Å². The fourth-order valence-corrected chi connectivity index (χ4v) is 4.19. The molecule has 3 atom stereocenters. The molecule has 3 aliphatic rings. The number of allylic oxidation sites excluding steroid dienone is 2. The van der Waals surface area contributed by atoms with Crippen molar-refractivity contribution >= 4 is 21.5 Å². The molecule has 2 aliphatic heterocycles. The largest absolute Gasteiger partial charge is 0.491 e. The van der Waals surface area contributed by atoms with Gasteiger partial charge in [-0.05, 0) is 48.3 Å². The molecule has 2 fully saturated rings. The monoisotopic (exact) mass is 434 g/mol. The maximum Gasteiger partial charge on any atom is 0.122 e. The maximum absolute atomic E-state index is 6.20. The van der Waals surface area contributed by atoms with Crippen molar-refractivity contribution in [2.75, 3.05) is 26.4 Å². The van der Waals surface area contributed by atoms with E-state index in [1.54, 1.807) is 0 Å². The van der Waals surface area contributed by atoms with Crippen LogP contribution in [0.1, 0.15) is 31.9 Å². The van der Waals surface area contributed by atoms with Crippen LogP contribution in [0.3, 0.4) is 0 Å². The summed E-state index contributed by atoms with van der Waals surface area (Å²) in [5, 5.41) is 0. The van der Waals surface area contributed by atoms with Gasteiger partial charge in [0.15, 0.2) is 0 Å². The molecule has 0 bridgehead atoms. The Morgan fingerprint density at radius 2 is 1.78 bits per heavy atom. The molecule has 0 saturated carbocycles.